The summed E-state index contributed by atoms with van der Waals surface area (Å²) in [6.07, 6.45) is 0. The van der Waals surface area contributed by atoms with Crippen LogP contribution in [0, 0.1) is 0 Å². The van der Waals surface area contributed by atoms with Crippen molar-refractivity contribution in [3.05, 3.63) is 36.1 Å². The fraction of sp³-hybridized carbons (Fsp3) is 0.400. The Bertz CT molecular complexity index is 167. The van der Waals surface area contributed by atoms with Crippen LogP contribution in [-0.2, 0) is 4.74 Å². The quantitative estimate of drug-likeness (QED) is 0.371. The summed E-state index contributed by atoms with van der Waals surface area (Å²) < 4.78 is 5.21. The van der Waals surface area contributed by atoms with Gasteiger partial charge in [0.1, 0.15) is 5.76 Å². The predicted molar refractivity (Wildman–Crippen MR) is 56.2 cm³/mol. The molecule has 0 saturated carbocycles. The molecule has 0 aromatic rings. The summed E-state index contributed by atoms with van der Waals surface area (Å²) in [6.45, 7) is 16.0. The molecule has 12 heavy (non-hydrogen) atoms. The van der Waals surface area contributed by atoms with Gasteiger partial charge in [0.2, 0.25) is 0 Å². The van der Waals surface area contributed by atoms with Crippen molar-refractivity contribution in [2.24, 2.45) is 0 Å². The van der Waals surface area contributed by atoms with E-state index >= 15 is 0 Å². The van der Waals surface area contributed by atoms with Crippen LogP contribution in [0.4, 0.5) is 0 Å². The van der Waals surface area contributed by atoms with E-state index in [0.29, 0.717) is 17.4 Å². The fourth-order valence-electron chi connectivity index (χ4n) is 0.638. The number of allylic oxidation sites excluding steroid dienone is 2. The maximum absolute atomic E-state index is 5.64. The maximum atomic E-state index is 5.64. The van der Waals surface area contributed by atoms with Crippen molar-refractivity contribution < 1.29 is 4.74 Å². The van der Waals surface area contributed by atoms with E-state index in [4.69, 9.17) is 16.3 Å². The molecule has 0 aromatic carbocycles. The maximum Gasteiger partial charge on any atom is 0.135 e. The third-order valence-electron chi connectivity index (χ3n) is 0.989. The van der Waals surface area contributed by atoms with E-state index in [1.54, 1.807) is 0 Å². The number of halogens is 1. The van der Waals surface area contributed by atoms with Crippen LogP contribution in [0.3, 0.4) is 0 Å². The molecular formula is C10H17ClO. The number of rotatable bonds is 3. The van der Waals surface area contributed by atoms with E-state index in [0.717, 1.165) is 5.57 Å². The van der Waals surface area contributed by atoms with Crippen LogP contribution in [0.2, 0.25) is 0 Å². The summed E-state index contributed by atoms with van der Waals surface area (Å²) in [5, 5.41) is 0.474. The molecular weight excluding hydrogens is 172 g/mol. The van der Waals surface area contributed by atoms with Crippen molar-refractivity contribution in [1.82, 2.24) is 0 Å². The second-order valence-electron chi connectivity index (χ2n) is 2.17. The van der Waals surface area contributed by atoms with Crippen molar-refractivity contribution in [1.29, 1.82) is 0 Å². The zero-order valence-corrected chi connectivity index (χ0v) is 8.87. The van der Waals surface area contributed by atoms with Gasteiger partial charge in [0, 0.05) is 0 Å². The van der Waals surface area contributed by atoms with Gasteiger partial charge >= 0.3 is 0 Å². The summed E-state index contributed by atoms with van der Waals surface area (Å²) in [5.74, 6) is 0.712. The minimum atomic E-state index is 0.474. The summed E-state index contributed by atoms with van der Waals surface area (Å²) in [6, 6.07) is 0. The topological polar surface area (TPSA) is 9.23 Å². The Morgan fingerprint density at radius 3 is 1.83 bits per heavy atom. The first kappa shape index (κ1) is 13.9. The van der Waals surface area contributed by atoms with Crippen molar-refractivity contribution in [3.63, 3.8) is 0 Å². The van der Waals surface area contributed by atoms with Crippen LogP contribution < -0.4 is 0 Å². The van der Waals surface area contributed by atoms with Gasteiger partial charge in [0.25, 0.3) is 0 Å². The minimum Gasteiger partial charge on any atom is -0.492 e. The van der Waals surface area contributed by atoms with E-state index in [1.165, 1.54) is 0 Å². The molecule has 0 N–H and O–H groups in total. The van der Waals surface area contributed by atoms with Crippen molar-refractivity contribution in [2.45, 2.75) is 20.8 Å². The summed E-state index contributed by atoms with van der Waals surface area (Å²) in [4.78, 5) is 0. The molecule has 0 aromatic heterocycles. The highest BCUT2D eigenvalue weighted by atomic mass is 35.5. The van der Waals surface area contributed by atoms with Gasteiger partial charge in [-0.1, -0.05) is 18.2 Å². The van der Waals surface area contributed by atoms with E-state index in [1.807, 2.05) is 20.8 Å². The average molecular weight is 189 g/mol. The third kappa shape index (κ3) is 6.05. The summed E-state index contributed by atoms with van der Waals surface area (Å²) in [5.41, 5.74) is 1.06. The lowest BCUT2D eigenvalue weighted by Gasteiger charge is -2.07. The van der Waals surface area contributed by atoms with Crippen LogP contribution in [-0.4, -0.2) is 6.61 Å². The molecule has 0 radical (unpaired) electrons. The fourth-order valence-corrected chi connectivity index (χ4v) is 0.882. The van der Waals surface area contributed by atoms with Crippen LogP contribution in [0.25, 0.3) is 0 Å². The van der Waals surface area contributed by atoms with Gasteiger partial charge in [-0.15, -0.1) is 13.2 Å². The van der Waals surface area contributed by atoms with E-state index in [-0.39, 0.29) is 0 Å². The van der Waals surface area contributed by atoms with Gasteiger partial charge in [-0.25, -0.2) is 0 Å². The largest absolute Gasteiger partial charge is 0.492 e. The normalized spacial score (nSPS) is 7.67. The van der Waals surface area contributed by atoms with Crippen molar-refractivity contribution in [2.75, 3.05) is 6.61 Å². The lowest BCUT2D eigenvalue weighted by molar-refractivity contribution is 0.237. The molecule has 0 saturated heterocycles. The molecule has 0 aliphatic carbocycles. The molecule has 0 spiro atoms. The molecule has 0 bridgehead atoms. The smallest absolute Gasteiger partial charge is 0.135 e. The molecule has 0 unspecified atom stereocenters. The lowest BCUT2D eigenvalue weighted by atomic mass is 10.3. The van der Waals surface area contributed by atoms with Gasteiger partial charge in [-0.2, -0.15) is 0 Å². The van der Waals surface area contributed by atoms with Crippen molar-refractivity contribution in [3.8, 4) is 0 Å². The Kier molecular flexibility index (Phi) is 9.72. The van der Waals surface area contributed by atoms with Crippen LogP contribution in [0.1, 0.15) is 20.8 Å². The molecule has 0 aliphatic rings. The first-order valence-corrected chi connectivity index (χ1v) is 4.12. The molecule has 2 heteroatoms. The number of hydrogen-bond acceptors (Lipinski definition) is 1. The predicted octanol–water partition coefficient (Wildman–Crippen LogP) is 3.87. The second-order valence-corrected chi connectivity index (χ2v) is 2.62. The first-order valence-electron chi connectivity index (χ1n) is 3.74. The molecule has 0 aliphatic heterocycles. The van der Waals surface area contributed by atoms with Gasteiger partial charge in [-0.3, -0.25) is 0 Å². The summed E-state index contributed by atoms with van der Waals surface area (Å²) >= 11 is 5.64. The molecule has 0 amide bonds. The van der Waals surface area contributed by atoms with Gasteiger partial charge < -0.3 is 4.74 Å². The zero-order chi connectivity index (χ0) is 10.1. The minimum absolute atomic E-state index is 0.474. The second kappa shape index (κ2) is 8.41. The Labute approximate surface area is 80.4 Å². The van der Waals surface area contributed by atoms with Gasteiger partial charge in [-0.05, 0) is 26.3 Å². The zero-order valence-electron chi connectivity index (χ0n) is 8.11. The molecule has 70 valence electrons. The molecule has 1 nitrogen and oxygen atoms in total. The Balaban J connectivity index is 0. The highest BCUT2D eigenvalue weighted by molar-refractivity contribution is 6.31. The van der Waals surface area contributed by atoms with E-state index in [2.05, 4.69) is 19.7 Å². The van der Waals surface area contributed by atoms with E-state index < -0.39 is 0 Å². The third-order valence-corrected chi connectivity index (χ3v) is 1.16. The van der Waals surface area contributed by atoms with Crippen LogP contribution in [0.5, 0.6) is 0 Å². The van der Waals surface area contributed by atoms with Gasteiger partial charge in [0.05, 0.1) is 11.6 Å². The van der Waals surface area contributed by atoms with Crippen LogP contribution in [0.15, 0.2) is 36.1 Å². The van der Waals surface area contributed by atoms with E-state index in [9.17, 15) is 0 Å². The Hall–Kier alpha value is -0.690. The number of ether oxygens (including phenoxy) is 1. The van der Waals surface area contributed by atoms with Gasteiger partial charge in [0.15, 0.2) is 0 Å². The van der Waals surface area contributed by atoms with Crippen LogP contribution >= 0.6 is 11.6 Å². The highest BCUT2D eigenvalue weighted by Gasteiger charge is 2.00. The highest BCUT2D eigenvalue weighted by Crippen LogP contribution is 2.17. The standard InChI is InChI=1S/C8H13ClO.C2H4/c1-5-10-8(6(2)3)7(4)9;1-2/h4-5H2,1-3H3;1-2H2. The lowest BCUT2D eigenvalue weighted by Crippen LogP contribution is -1.93. The number of hydrogen-bond donors (Lipinski definition) is 0. The molecule has 0 fully saturated rings. The first-order chi connectivity index (χ1) is 5.59. The monoisotopic (exact) mass is 188 g/mol. The summed E-state index contributed by atoms with van der Waals surface area (Å²) in [7, 11) is 0. The molecule has 0 heterocycles. The average Bonchev–Trinajstić information content (AvgIpc) is 2.03. The Morgan fingerprint density at radius 2 is 1.75 bits per heavy atom. The molecule has 0 atom stereocenters. The molecule has 0 rings (SSSR count). The Morgan fingerprint density at radius 1 is 1.33 bits per heavy atom. The SMILES string of the molecule is C=C.C=C(Cl)C(OCC)=C(C)C. The van der Waals surface area contributed by atoms with Crippen molar-refractivity contribution >= 4 is 11.6 Å².